The van der Waals surface area contributed by atoms with Crippen LogP contribution in [0.25, 0.3) is 0 Å². The molecule has 1 aromatic carbocycles. The molecule has 1 aromatic heterocycles. The van der Waals surface area contributed by atoms with Crippen LogP contribution in [-0.4, -0.2) is 35.0 Å². The van der Waals surface area contributed by atoms with Crippen molar-refractivity contribution in [3.63, 3.8) is 0 Å². The molecule has 132 valence electrons. The Morgan fingerprint density at radius 2 is 2.00 bits per heavy atom. The molecule has 1 heterocycles. The predicted octanol–water partition coefficient (Wildman–Crippen LogP) is 2.55. The molecule has 2 aromatic rings. The molecule has 0 spiro atoms. The topological polar surface area (TPSA) is 121 Å². The fourth-order valence-corrected chi connectivity index (χ4v) is 2.68. The maximum atomic E-state index is 11.9. The van der Waals surface area contributed by atoms with Gasteiger partial charge in [0, 0.05) is 12.1 Å². The average molecular weight is 365 g/mol. The quantitative estimate of drug-likeness (QED) is 0.455. The van der Waals surface area contributed by atoms with Crippen LogP contribution in [0.2, 0.25) is 0 Å². The molecular weight excluding hydrogens is 350 g/mol. The van der Waals surface area contributed by atoms with Crippen LogP contribution in [0, 0.1) is 17.0 Å². The van der Waals surface area contributed by atoms with Gasteiger partial charge < -0.3 is 9.47 Å². The zero-order chi connectivity index (χ0) is 18.4. The van der Waals surface area contributed by atoms with E-state index in [1.54, 1.807) is 13.8 Å². The number of anilines is 1. The van der Waals surface area contributed by atoms with Gasteiger partial charge in [-0.2, -0.15) is 0 Å². The van der Waals surface area contributed by atoms with Gasteiger partial charge in [-0.1, -0.05) is 11.3 Å². The highest BCUT2D eigenvalue weighted by Gasteiger charge is 2.17. The summed E-state index contributed by atoms with van der Waals surface area (Å²) in [5.41, 5.74) is 0.400. The normalized spacial score (nSPS) is 10.2. The third-order valence-corrected chi connectivity index (χ3v) is 3.97. The summed E-state index contributed by atoms with van der Waals surface area (Å²) in [6.45, 7) is 3.30. The van der Waals surface area contributed by atoms with Crippen LogP contribution in [0.5, 0.6) is 5.75 Å². The first-order chi connectivity index (χ1) is 11.9. The van der Waals surface area contributed by atoms with Crippen molar-refractivity contribution in [1.82, 2.24) is 4.98 Å². The summed E-state index contributed by atoms with van der Waals surface area (Å²) in [5, 5.41) is 13.4. The van der Waals surface area contributed by atoms with Crippen LogP contribution in [0.1, 0.15) is 22.3 Å². The van der Waals surface area contributed by atoms with Crippen LogP contribution < -0.4 is 10.1 Å². The maximum Gasteiger partial charge on any atom is 0.350 e. The zero-order valence-corrected chi connectivity index (χ0v) is 14.3. The van der Waals surface area contributed by atoms with E-state index in [1.807, 2.05) is 0 Å². The third kappa shape index (κ3) is 4.98. The first-order valence-electron chi connectivity index (χ1n) is 7.22. The summed E-state index contributed by atoms with van der Waals surface area (Å²) in [6.07, 6.45) is 0. The van der Waals surface area contributed by atoms with E-state index < -0.39 is 16.8 Å². The molecule has 1 N–H and O–H groups in total. The summed E-state index contributed by atoms with van der Waals surface area (Å²) in [7, 11) is 0. The van der Waals surface area contributed by atoms with E-state index >= 15 is 0 Å². The number of nitro groups is 1. The van der Waals surface area contributed by atoms with Crippen LogP contribution in [0.4, 0.5) is 10.8 Å². The summed E-state index contributed by atoms with van der Waals surface area (Å²) >= 11 is 1.01. The first kappa shape index (κ1) is 18.3. The molecule has 0 fully saturated rings. The van der Waals surface area contributed by atoms with Gasteiger partial charge in [0.05, 0.1) is 17.2 Å². The molecule has 0 bridgehead atoms. The van der Waals surface area contributed by atoms with Gasteiger partial charge in [-0.3, -0.25) is 20.2 Å². The van der Waals surface area contributed by atoms with Gasteiger partial charge in [-0.05, 0) is 26.0 Å². The van der Waals surface area contributed by atoms with Crippen molar-refractivity contribution in [2.24, 2.45) is 0 Å². The monoisotopic (exact) mass is 365 g/mol. The second-order valence-corrected chi connectivity index (χ2v) is 5.74. The molecule has 0 radical (unpaired) electrons. The number of rotatable bonds is 7. The number of benzene rings is 1. The molecule has 0 saturated heterocycles. The van der Waals surface area contributed by atoms with Crippen LogP contribution in [-0.2, 0) is 9.53 Å². The summed E-state index contributed by atoms with van der Waals surface area (Å²) in [6, 6.07) is 5.36. The van der Waals surface area contributed by atoms with Gasteiger partial charge in [0.25, 0.3) is 11.6 Å². The Kier molecular flexibility index (Phi) is 6.01. The lowest BCUT2D eigenvalue weighted by Gasteiger charge is -2.05. The maximum absolute atomic E-state index is 11.9. The second kappa shape index (κ2) is 8.20. The lowest BCUT2D eigenvalue weighted by molar-refractivity contribution is -0.384. The minimum absolute atomic E-state index is 0.0680. The second-order valence-electron chi connectivity index (χ2n) is 4.74. The molecule has 2 rings (SSSR count). The molecule has 0 aliphatic heterocycles. The van der Waals surface area contributed by atoms with E-state index in [0.29, 0.717) is 16.3 Å². The van der Waals surface area contributed by atoms with E-state index in [2.05, 4.69) is 10.3 Å². The number of thiazole rings is 1. The van der Waals surface area contributed by atoms with Crippen molar-refractivity contribution < 1.29 is 24.0 Å². The van der Waals surface area contributed by atoms with Gasteiger partial charge in [0.1, 0.15) is 10.6 Å². The van der Waals surface area contributed by atoms with Gasteiger partial charge in [-0.25, -0.2) is 9.78 Å². The number of non-ortho nitro benzene ring substituents is 1. The third-order valence-electron chi connectivity index (χ3n) is 2.92. The SMILES string of the molecule is CCOC(=O)c1sc(NC(=O)COc2ccc([N+](=O)[O-])cc2)nc1C. The summed E-state index contributed by atoms with van der Waals surface area (Å²) < 4.78 is 10.2. The lowest BCUT2D eigenvalue weighted by Crippen LogP contribution is -2.20. The smallest absolute Gasteiger partial charge is 0.350 e. The molecule has 10 heteroatoms. The number of nitro benzene ring substituents is 1. The minimum Gasteiger partial charge on any atom is -0.484 e. The lowest BCUT2D eigenvalue weighted by atomic mass is 10.3. The molecule has 0 aliphatic rings. The number of aryl methyl sites for hydroxylation is 1. The number of amides is 1. The van der Waals surface area contributed by atoms with Gasteiger partial charge in [0.2, 0.25) is 0 Å². The molecule has 9 nitrogen and oxygen atoms in total. The highest BCUT2D eigenvalue weighted by molar-refractivity contribution is 7.17. The number of carbonyl (C=O) groups is 2. The number of nitrogens with one attached hydrogen (secondary N) is 1. The largest absolute Gasteiger partial charge is 0.484 e. The molecule has 25 heavy (non-hydrogen) atoms. The van der Waals surface area contributed by atoms with E-state index in [9.17, 15) is 19.7 Å². The number of hydrogen-bond acceptors (Lipinski definition) is 8. The predicted molar refractivity (Wildman–Crippen MR) is 90.0 cm³/mol. The van der Waals surface area contributed by atoms with Crippen molar-refractivity contribution >= 4 is 34.0 Å². The number of ether oxygens (including phenoxy) is 2. The molecule has 1 amide bonds. The van der Waals surface area contributed by atoms with Crippen molar-refractivity contribution in [2.45, 2.75) is 13.8 Å². The van der Waals surface area contributed by atoms with Gasteiger partial charge in [0.15, 0.2) is 11.7 Å². The Labute approximate surface area is 146 Å². The summed E-state index contributed by atoms with van der Waals surface area (Å²) in [4.78, 5) is 38.1. The highest BCUT2D eigenvalue weighted by atomic mass is 32.1. The van der Waals surface area contributed by atoms with Crippen molar-refractivity contribution in [3.8, 4) is 5.75 Å². The van der Waals surface area contributed by atoms with Crippen molar-refractivity contribution in [2.75, 3.05) is 18.5 Å². The number of nitrogens with zero attached hydrogens (tertiary/aromatic N) is 2. The fourth-order valence-electron chi connectivity index (χ4n) is 1.80. The standard InChI is InChI=1S/C15H15N3O6S/c1-3-23-14(20)13-9(2)16-15(25-13)17-12(19)8-24-11-6-4-10(5-7-11)18(21)22/h4-7H,3,8H2,1-2H3,(H,16,17,19). The minimum atomic E-state index is -0.525. The first-order valence-corrected chi connectivity index (χ1v) is 8.04. The Balaban J connectivity index is 1.91. The summed E-state index contributed by atoms with van der Waals surface area (Å²) in [5.74, 6) is -0.633. The number of carbonyl (C=O) groups excluding carboxylic acids is 2. The van der Waals surface area contributed by atoms with Crippen LogP contribution in [0.3, 0.4) is 0 Å². The van der Waals surface area contributed by atoms with Crippen molar-refractivity contribution in [3.05, 3.63) is 45.0 Å². The number of esters is 1. The Morgan fingerprint density at radius 1 is 1.32 bits per heavy atom. The Hall–Kier alpha value is -3.01. The molecular formula is C15H15N3O6S. The van der Waals surface area contributed by atoms with E-state index in [-0.39, 0.29) is 24.0 Å². The zero-order valence-electron chi connectivity index (χ0n) is 13.5. The highest BCUT2D eigenvalue weighted by Crippen LogP contribution is 2.23. The van der Waals surface area contributed by atoms with E-state index in [4.69, 9.17) is 9.47 Å². The Bertz CT molecular complexity index is 787. The number of hydrogen-bond donors (Lipinski definition) is 1. The van der Waals surface area contributed by atoms with E-state index in [1.165, 1.54) is 24.3 Å². The van der Waals surface area contributed by atoms with Crippen LogP contribution in [0.15, 0.2) is 24.3 Å². The fraction of sp³-hybridized carbons (Fsp3) is 0.267. The van der Waals surface area contributed by atoms with Crippen molar-refractivity contribution in [1.29, 1.82) is 0 Å². The Morgan fingerprint density at radius 3 is 2.60 bits per heavy atom. The van der Waals surface area contributed by atoms with Gasteiger partial charge in [-0.15, -0.1) is 0 Å². The molecule has 0 atom stereocenters. The molecule has 0 saturated carbocycles. The van der Waals surface area contributed by atoms with Gasteiger partial charge >= 0.3 is 5.97 Å². The van der Waals surface area contributed by atoms with Crippen LogP contribution >= 0.6 is 11.3 Å². The number of aromatic nitrogens is 1. The molecule has 0 aliphatic carbocycles. The molecule has 0 unspecified atom stereocenters. The average Bonchev–Trinajstić information content (AvgIpc) is 2.94. The van der Waals surface area contributed by atoms with E-state index in [0.717, 1.165) is 11.3 Å².